The van der Waals surface area contributed by atoms with E-state index in [1.807, 2.05) is 11.0 Å². The van der Waals surface area contributed by atoms with E-state index < -0.39 is 0 Å². The minimum atomic E-state index is 0. The first-order valence-corrected chi connectivity index (χ1v) is 9.67. The van der Waals surface area contributed by atoms with Crippen LogP contribution >= 0.6 is 12.4 Å². The maximum Gasteiger partial charge on any atom is 0.223 e. The second-order valence-corrected chi connectivity index (χ2v) is 7.03. The molecule has 0 bridgehead atoms. The predicted molar refractivity (Wildman–Crippen MR) is 107 cm³/mol. The fourth-order valence-corrected chi connectivity index (χ4v) is 3.61. The predicted octanol–water partition coefficient (Wildman–Crippen LogP) is 1.95. The maximum absolute atomic E-state index is 12.2. The van der Waals surface area contributed by atoms with Crippen molar-refractivity contribution in [1.29, 1.82) is 0 Å². The molecule has 1 N–H and O–H groups in total. The van der Waals surface area contributed by atoms with Crippen LogP contribution in [0, 0.1) is 0 Å². The van der Waals surface area contributed by atoms with Crippen molar-refractivity contribution >= 4 is 18.3 Å². The number of ether oxygens (including phenoxy) is 1. The summed E-state index contributed by atoms with van der Waals surface area (Å²) in [6.45, 7) is 7.35. The van der Waals surface area contributed by atoms with Crippen LogP contribution in [0.3, 0.4) is 0 Å². The lowest BCUT2D eigenvalue weighted by molar-refractivity contribution is -0.132. The molecule has 0 radical (unpaired) electrons. The molecule has 1 amide bonds. The number of rotatable bonds is 7. The van der Waals surface area contributed by atoms with E-state index in [-0.39, 0.29) is 12.4 Å². The van der Waals surface area contributed by atoms with E-state index in [9.17, 15) is 4.79 Å². The summed E-state index contributed by atoms with van der Waals surface area (Å²) >= 11 is 0. The Balaban J connectivity index is 0.00000243. The molecular weight excluding hydrogens is 350 g/mol. The smallest absolute Gasteiger partial charge is 0.223 e. The number of piperazine rings is 1. The summed E-state index contributed by atoms with van der Waals surface area (Å²) in [7, 11) is 0. The van der Waals surface area contributed by atoms with E-state index in [4.69, 9.17) is 4.74 Å². The Morgan fingerprint density at radius 3 is 2.46 bits per heavy atom. The van der Waals surface area contributed by atoms with Gasteiger partial charge in [0, 0.05) is 52.2 Å². The van der Waals surface area contributed by atoms with Crippen LogP contribution in [0.25, 0.3) is 0 Å². The lowest BCUT2D eigenvalue weighted by Crippen LogP contribution is -2.47. The number of hydrogen-bond acceptors (Lipinski definition) is 4. The number of nitrogens with zero attached hydrogens (tertiary/aromatic N) is 2. The van der Waals surface area contributed by atoms with Crippen molar-refractivity contribution in [2.45, 2.75) is 31.8 Å². The number of nitrogens with one attached hydrogen (secondary N) is 1. The van der Waals surface area contributed by atoms with E-state index in [0.29, 0.717) is 18.4 Å². The Kier molecular flexibility index (Phi) is 9.40. The molecule has 26 heavy (non-hydrogen) atoms. The largest absolute Gasteiger partial charge is 0.378 e. The molecule has 2 fully saturated rings. The van der Waals surface area contributed by atoms with E-state index in [0.717, 1.165) is 71.7 Å². The van der Waals surface area contributed by atoms with Crippen LogP contribution in [0.4, 0.5) is 0 Å². The number of hydrogen-bond donors (Lipinski definition) is 1. The fourth-order valence-electron chi connectivity index (χ4n) is 3.61. The lowest BCUT2D eigenvalue weighted by atomic mass is 10.1. The van der Waals surface area contributed by atoms with Gasteiger partial charge in [0.2, 0.25) is 5.91 Å². The zero-order chi connectivity index (χ0) is 17.3. The van der Waals surface area contributed by atoms with Crippen molar-refractivity contribution < 1.29 is 9.53 Å². The standard InChI is InChI=1S/C20H31N3O2.ClH/c24-20(23-15-10-21-11-16-23)8-14-22-12-6-19(7-13-22)25-17-9-18-4-2-1-3-5-18;/h1-5,19,21H,6-17H2;1H. The van der Waals surface area contributed by atoms with Crippen molar-refractivity contribution in [2.75, 3.05) is 52.4 Å². The lowest BCUT2D eigenvalue weighted by Gasteiger charge is -2.33. The highest BCUT2D eigenvalue weighted by Crippen LogP contribution is 2.15. The third-order valence-corrected chi connectivity index (χ3v) is 5.23. The van der Waals surface area contributed by atoms with E-state index in [2.05, 4.69) is 34.5 Å². The Morgan fingerprint density at radius 1 is 1.08 bits per heavy atom. The highest BCUT2D eigenvalue weighted by molar-refractivity contribution is 5.85. The van der Waals surface area contributed by atoms with Crippen LogP contribution in [-0.2, 0) is 16.0 Å². The molecule has 0 spiro atoms. The van der Waals surface area contributed by atoms with Gasteiger partial charge in [-0.05, 0) is 24.8 Å². The van der Waals surface area contributed by atoms with Crippen LogP contribution in [0.15, 0.2) is 30.3 Å². The number of likely N-dealkylation sites (tertiary alicyclic amines) is 1. The van der Waals surface area contributed by atoms with Gasteiger partial charge in [0.15, 0.2) is 0 Å². The third-order valence-electron chi connectivity index (χ3n) is 5.23. The minimum absolute atomic E-state index is 0. The average Bonchev–Trinajstić information content (AvgIpc) is 2.68. The first-order chi connectivity index (χ1) is 12.3. The van der Waals surface area contributed by atoms with Gasteiger partial charge in [-0.2, -0.15) is 0 Å². The fraction of sp³-hybridized carbons (Fsp3) is 0.650. The molecule has 0 atom stereocenters. The van der Waals surface area contributed by atoms with Crippen LogP contribution < -0.4 is 5.32 Å². The second kappa shape index (κ2) is 11.5. The molecule has 2 aliphatic rings. The van der Waals surface area contributed by atoms with E-state index in [1.54, 1.807) is 0 Å². The van der Waals surface area contributed by atoms with Gasteiger partial charge in [0.1, 0.15) is 0 Å². The molecule has 2 heterocycles. The summed E-state index contributed by atoms with van der Waals surface area (Å²) in [5.74, 6) is 0.308. The van der Waals surface area contributed by atoms with Crippen molar-refractivity contribution in [3.05, 3.63) is 35.9 Å². The number of halogens is 1. The van der Waals surface area contributed by atoms with Gasteiger partial charge in [0.25, 0.3) is 0 Å². The van der Waals surface area contributed by atoms with Gasteiger partial charge >= 0.3 is 0 Å². The van der Waals surface area contributed by atoms with Gasteiger partial charge in [0.05, 0.1) is 12.7 Å². The molecule has 0 aliphatic carbocycles. The summed E-state index contributed by atoms with van der Waals surface area (Å²) in [6, 6.07) is 10.5. The SMILES string of the molecule is Cl.O=C(CCN1CCC(OCCc2ccccc2)CC1)N1CCNCC1. The normalized spacial score (nSPS) is 19.2. The first-order valence-electron chi connectivity index (χ1n) is 9.67. The molecule has 6 heteroatoms. The van der Waals surface area contributed by atoms with Gasteiger partial charge in [-0.25, -0.2) is 0 Å². The third kappa shape index (κ3) is 6.88. The molecule has 146 valence electrons. The van der Waals surface area contributed by atoms with Crippen LogP contribution in [0.1, 0.15) is 24.8 Å². The Hall–Kier alpha value is -1.14. The Morgan fingerprint density at radius 2 is 1.77 bits per heavy atom. The van der Waals surface area contributed by atoms with Crippen LogP contribution in [0.2, 0.25) is 0 Å². The molecule has 1 aromatic rings. The zero-order valence-corrected chi connectivity index (χ0v) is 16.4. The molecule has 0 unspecified atom stereocenters. The molecule has 0 aromatic heterocycles. The van der Waals surface area contributed by atoms with Crippen molar-refractivity contribution in [3.8, 4) is 0 Å². The molecule has 5 nitrogen and oxygen atoms in total. The summed E-state index contributed by atoms with van der Waals surface area (Å²) in [6.07, 6.45) is 4.18. The van der Waals surface area contributed by atoms with Crippen LogP contribution in [-0.4, -0.2) is 74.2 Å². The Bertz CT molecular complexity index is 515. The number of benzene rings is 1. The van der Waals surface area contributed by atoms with Gasteiger partial charge in [-0.15, -0.1) is 12.4 Å². The van der Waals surface area contributed by atoms with Gasteiger partial charge < -0.3 is 19.9 Å². The van der Waals surface area contributed by atoms with Crippen molar-refractivity contribution in [3.63, 3.8) is 0 Å². The molecule has 2 aliphatic heterocycles. The average molecular weight is 382 g/mol. The quantitative estimate of drug-likeness (QED) is 0.784. The first kappa shape index (κ1) is 21.2. The topological polar surface area (TPSA) is 44.8 Å². The summed E-state index contributed by atoms with van der Waals surface area (Å²) in [4.78, 5) is 16.6. The van der Waals surface area contributed by atoms with Gasteiger partial charge in [-0.1, -0.05) is 30.3 Å². The van der Waals surface area contributed by atoms with E-state index >= 15 is 0 Å². The number of carbonyl (C=O) groups excluding carboxylic acids is 1. The second-order valence-electron chi connectivity index (χ2n) is 7.03. The highest BCUT2D eigenvalue weighted by Gasteiger charge is 2.21. The molecule has 0 saturated carbocycles. The monoisotopic (exact) mass is 381 g/mol. The summed E-state index contributed by atoms with van der Waals surface area (Å²) < 4.78 is 6.05. The Labute approximate surface area is 163 Å². The maximum atomic E-state index is 12.2. The minimum Gasteiger partial charge on any atom is -0.378 e. The summed E-state index contributed by atoms with van der Waals surface area (Å²) in [5, 5.41) is 3.29. The highest BCUT2D eigenvalue weighted by atomic mass is 35.5. The van der Waals surface area contributed by atoms with Crippen molar-refractivity contribution in [1.82, 2.24) is 15.1 Å². The van der Waals surface area contributed by atoms with Crippen molar-refractivity contribution in [2.24, 2.45) is 0 Å². The number of carbonyl (C=O) groups is 1. The molecule has 1 aromatic carbocycles. The summed E-state index contributed by atoms with van der Waals surface area (Å²) in [5.41, 5.74) is 1.34. The van der Waals surface area contributed by atoms with Gasteiger partial charge in [-0.3, -0.25) is 4.79 Å². The zero-order valence-electron chi connectivity index (χ0n) is 15.6. The van der Waals surface area contributed by atoms with Crippen LogP contribution in [0.5, 0.6) is 0 Å². The number of piperidine rings is 1. The number of amides is 1. The molecule has 3 rings (SSSR count). The van der Waals surface area contributed by atoms with E-state index in [1.165, 1.54) is 5.56 Å². The molecule has 2 saturated heterocycles. The molecular formula is C20H32ClN3O2.